The molecular weight excluding hydrogens is 188 g/mol. The van der Waals surface area contributed by atoms with Crippen LogP contribution in [0.4, 0.5) is 0 Å². The Bertz CT molecular complexity index is 225. The SMILES string of the molecule is COC(C)(OC)C(=O)NC(C)C(N)=O. The van der Waals surface area contributed by atoms with Crippen molar-refractivity contribution in [2.45, 2.75) is 25.7 Å². The van der Waals surface area contributed by atoms with Crippen molar-refractivity contribution in [1.82, 2.24) is 5.32 Å². The zero-order valence-electron chi connectivity index (χ0n) is 8.79. The fourth-order valence-corrected chi connectivity index (χ4v) is 0.668. The maximum Gasteiger partial charge on any atom is 0.280 e. The first kappa shape index (κ1) is 12.9. The van der Waals surface area contributed by atoms with E-state index >= 15 is 0 Å². The van der Waals surface area contributed by atoms with Crippen LogP contribution in [0.5, 0.6) is 0 Å². The summed E-state index contributed by atoms with van der Waals surface area (Å²) in [6.45, 7) is 2.92. The Morgan fingerprint density at radius 3 is 2.07 bits per heavy atom. The number of carbonyl (C=O) groups excluding carboxylic acids is 2. The lowest BCUT2D eigenvalue weighted by atomic mass is 10.2. The molecule has 0 saturated heterocycles. The van der Waals surface area contributed by atoms with Crippen LogP contribution in [-0.2, 0) is 19.1 Å². The lowest BCUT2D eigenvalue weighted by molar-refractivity contribution is -0.201. The van der Waals surface area contributed by atoms with Gasteiger partial charge in [-0.15, -0.1) is 0 Å². The van der Waals surface area contributed by atoms with Gasteiger partial charge in [0, 0.05) is 14.2 Å². The quantitative estimate of drug-likeness (QED) is 0.561. The van der Waals surface area contributed by atoms with Gasteiger partial charge in [-0.05, 0) is 13.8 Å². The third-order valence-corrected chi connectivity index (χ3v) is 1.97. The van der Waals surface area contributed by atoms with Gasteiger partial charge in [0.25, 0.3) is 5.91 Å². The van der Waals surface area contributed by atoms with Gasteiger partial charge in [-0.2, -0.15) is 0 Å². The molecule has 0 bridgehead atoms. The minimum atomic E-state index is -1.40. The van der Waals surface area contributed by atoms with Gasteiger partial charge in [0.1, 0.15) is 6.04 Å². The molecule has 6 heteroatoms. The summed E-state index contributed by atoms with van der Waals surface area (Å²) in [4.78, 5) is 22.1. The number of ether oxygens (including phenoxy) is 2. The number of nitrogens with one attached hydrogen (secondary N) is 1. The number of primary amides is 1. The molecule has 6 nitrogen and oxygen atoms in total. The predicted molar refractivity (Wildman–Crippen MR) is 49.2 cm³/mol. The Hall–Kier alpha value is -1.14. The summed E-state index contributed by atoms with van der Waals surface area (Å²) < 4.78 is 9.69. The van der Waals surface area contributed by atoms with Crippen LogP contribution < -0.4 is 11.1 Å². The number of hydrogen-bond acceptors (Lipinski definition) is 4. The molecular formula is C8H16N2O4. The number of nitrogens with two attached hydrogens (primary N) is 1. The van der Waals surface area contributed by atoms with Crippen molar-refractivity contribution >= 4 is 11.8 Å². The Labute approximate surface area is 82.7 Å². The summed E-state index contributed by atoms with van der Waals surface area (Å²) in [6, 6.07) is -0.757. The van der Waals surface area contributed by atoms with Gasteiger partial charge in [0.15, 0.2) is 0 Å². The second-order valence-corrected chi connectivity index (χ2v) is 2.95. The molecule has 0 aromatic rings. The first-order chi connectivity index (χ1) is 6.37. The maximum atomic E-state index is 11.5. The molecule has 0 rings (SSSR count). The van der Waals surface area contributed by atoms with Crippen molar-refractivity contribution < 1.29 is 19.1 Å². The fourth-order valence-electron chi connectivity index (χ4n) is 0.668. The van der Waals surface area contributed by atoms with Crippen molar-refractivity contribution in [2.24, 2.45) is 5.73 Å². The largest absolute Gasteiger partial charge is 0.368 e. The minimum Gasteiger partial charge on any atom is -0.368 e. The van der Waals surface area contributed by atoms with Crippen LogP contribution >= 0.6 is 0 Å². The van der Waals surface area contributed by atoms with Crippen molar-refractivity contribution in [1.29, 1.82) is 0 Å². The molecule has 0 heterocycles. The first-order valence-corrected chi connectivity index (χ1v) is 4.08. The summed E-state index contributed by atoms with van der Waals surface area (Å²) >= 11 is 0. The zero-order valence-corrected chi connectivity index (χ0v) is 8.79. The van der Waals surface area contributed by atoms with Crippen molar-refractivity contribution in [3.63, 3.8) is 0 Å². The van der Waals surface area contributed by atoms with E-state index in [9.17, 15) is 9.59 Å². The first-order valence-electron chi connectivity index (χ1n) is 4.08. The molecule has 0 radical (unpaired) electrons. The van der Waals surface area contributed by atoms with Crippen LogP contribution in [0.1, 0.15) is 13.8 Å². The third-order valence-electron chi connectivity index (χ3n) is 1.97. The van der Waals surface area contributed by atoms with Crippen LogP contribution in [0.25, 0.3) is 0 Å². The van der Waals surface area contributed by atoms with E-state index in [2.05, 4.69) is 5.32 Å². The average Bonchev–Trinajstić information content (AvgIpc) is 2.16. The number of amides is 2. The maximum absolute atomic E-state index is 11.5. The fraction of sp³-hybridized carbons (Fsp3) is 0.750. The topological polar surface area (TPSA) is 90.7 Å². The molecule has 1 atom stereocenters. The molecule has 0 spiro atoms. The van der Waals surface area contributed by atoms with Gasteiger partial charge < -0.3 is 20.5 Å². The highest BCUT2D eigenvalue weighted by Gasteiger charge is 2.34. The molecule has 0 saturated carbocycles. The van der Waals surface area contributed by atoms with E-state index < -0.39 is 23.6 Å². The monoisotopic (exact) mass is 204 g/mol. The lowest BCUT2D eigenvalue weighted by Crippen LogP contribution is -2.53. The Morgan fingerprint density at radius 1 is 1.36 bits per heavy atom. The van der Waals surface area contributed by atoms with Gasteiger partial charge in [-0.25, -0.2) is 0 Å². The second-order valence-electron chi connectivity index (χ2n) is 2.95. The Kier molecular flexibility index (Phi) is 4.52. The van der Waals surface area contributed by atoms with E-state index in [0.717, 1.165) is 0 Å². The zero-order chi connectivity index (χ0) is 11.4. The summed E-state index contributed by atoms with van der Waals surface area (Å²) in [5.74, 6) is -2.56. The molecule has 2 amide bonds. The van der Waals surface area contributed by atoms with Crippen LogP contribution in [0.2, 0.25) is 0 Å². The second kappa shape index (κ2) is 4.92. The lowest BCUT2D eigenvalue weighted by Gasteiger charge is -2.25. The molecule has 0 aromatic heterocycles. The van der Waals surface area contributed by atoms with Gasteiger partial charge in [-0.1, -0.05) is 0 Å². The van der Waals surface area contributed by atoms with Crippen LogP contribution in [-0.4, -0.2) is 37.9 Å². The average molecular weight is 204 g/mol. The molecule has 0 aromatic carbocycles. The summed E-state index contributed by atoms with van der Waals surface area (Å²) in [5.41, 5.74) is 4.98. The molecule has 0 aliphatic heterocycles. The normalized spacial score (nSPS) is 13.4. The standard InChI is InChI=1S/C8H16N2O4/c1-5(6(9)11)10-7(12)8(2,13-3)14-4/h5H,1-4H3,(H2,9,11)(H,10,12). The number of rotatable bonds is 5. The summed E-state index contributed by atoms with van der Waals surface area (Å²) in [7, 11) is 2.66. The van der Waals surface area contributed by atoms with Gasteiger partial charge in [0.05, 0.1) is 0 Å². The highest BCUT2D eigenvalue weighted by atomic mass is 16.7. The van der Waals surface area contributed by atoms with E-state index in [0.29, 0.717) is 0 Å². The van der Waals surface area contributed by atoms with E-state index in [1.165, 1.54) is 28.1 Å². The molecule has 82 valence electrons. The summed E-state index contributed by atoms with van der Waals surface area (Å²) in [6.07, 6.45) is 0. The van der Waals surface area contributed by atoms with E-state index in [1.807, 2.05) is 0 Å². The predicted octanol–water partition coefficient (Wildman–Crippen LogP) is -1.01. The van der Waals surface area contributed by atoms with Gasteiger partial charge in [0.2, 0.25) is 11.7 Å². The van der Waals surface area contributed by atoms with E-state index in [4.69, 9.17) is 15.2 Å². The van der Waals surface area contributed by atoms with Gasteiger partial charge in [-0.3, -0.25) is 9.59 Å². The smallest absolute Gasteiger partial charge is 0.280 e. The van der Waals surface area contributed by atoms with E-state index in [1.54, 1.807) is 0 Å². The Balaban J connectivity index is 4.40. The number of carbonyl (C=O) groups is 2. The molecule has 14 heavy (non-hydrogen) atoms. The third kappa shape index (κ3) is 2.97. The Morgan fingerprint density at radius 2 is 1.79 bits per heavy atom. The highest BCUT2D eigenvalue weighted by Crippen LogP contribution is 2.09. The minimum absolute atomic E-state index is 0.547. The van der Waals surface area contributed by atoms with Crippen molar-refractivity contribution in [2.75, 3.05) is 14.2 Å². The number of hydrogen-bond donors (Lipinski definition) is 2. The van der Waals surface area contributed by atoms with E-state index in [-0.39, 0.29) is 0 Å². The molecule has 0 aliphatic rings. The van der Waals surface area contributed by atoms with Gasteiger partial charge >= 0.3 is 0 Å². The summed E-state index contributed by atoms with van der Waals surface area (Å²) in [5, 5.41) is 2.36. The van der Waals surface area contributed by atoms with Crippen LogP contribution in [0.15, 0.2) is 0 Å². The molecule has 0 fully saturated rings. The van der Waals surface area contributed by atoms with Crippen LogP contribution in [0, 0.1) is 0 Å². The van der Waals surface area contributed by atoms with Crippen molar-refractivity contribution in [3.05, 3.63) is 0 Å². The number of methoxy groups -OCH3 is 2. The molecule has 0 aliphatic carbocycles. The highest BCUT2D eigenvalue weighted by molar-refractivity contribution is 5.89. The van der Waals surface area contributed by atoms with Crippen molar-refractivity contribution in [3.8, 4) is 0 Å². The molecule has 3 N–H and O–H groups in total. The van der Waals surface area contributed by atoms with Crippen LogP contribution in [0.3, 0.4) is 0 Å². The molecule has 1 unspecified atom stereocenters.